The Labute approximate surface area is 115 Å². The van der Waals surface area contributed by atoms with Gasteiger partial charge in [-0.25, -0.2) is 13.1 Å². The third-order valence-electron chi connectivity index (χ3n) is 3.15. The summed E-state index contributed by atoms with van der Waals surface area (Å²) < 4.78 is 63.9. The molecule has 1 aromatic carbocycles. The first-order valence-corrected chi connectivity index (χ1v) is 7.68. The Balaban J connectivity index is 2.13. The lowest BCUT2D eigenvalue weighted by Gasteiger charge is -2.23. The average Bonchev–Trinajstić information content (AvgIpc) is 2.38. The summed E-state index contributed by atoms with van der Waals surface area (Å²) in [7, 11) is -3.77. The van der Waals surface area contributed by atoms with Gasteiger partial charge >= 0.3 is 6.18 Å². The van der Waals surface area contributed by atoms with Crippen LogP contribution in [0.3, 0.4) is 0 Å². The molecule has 1 heterocycles. The van der Waals surface area contributed by atoms with Crippen molar-refractivity contribution in [2.45, 2.75) is 30.0 Å². The van der Waals surface area contributed by atoms with E-state index in [0.717, 1.165) is 37.4 Å². The number of hydrogen-bond donors (Lipinski definition) is 2. The van der Waals surface area contributed by atoms with Gasteiger partial charge < -0.3 is 5.32 Å². The topological polar surface area (TPSA) is 58.2 Å². The Bertz CT molecular complexity index is 549. The molecule has 0 radical (unpaired) electrons. The molecule has 0 amide bonds. The Morgan fingerprint density at radius 1 is 1.10 bits per heavy atom. The Hall–Kier alpha value is -1.12. The molecule has 0 aliphatic carbocycles. The monoisotopic (exact) mass is 308 g/mol. The maximum atomic E-state index is 12.4. The van der Waals surface area contributed by atoms with E-state index < -0.39 is 21.8 Å². The molecule has 4 nitrogen and oxygen atoms in total. The average molecular weight is 308 g/mol. The molecule has 1 fully saturated rings. The van der Waals surface area contributed by atoms with Gasteiger partial charge in [-0.1, -0.05) is 0 Å². The molecule has 1 aliphatic rings. The van der Waals surface area contributed by atoms with Gasteiger partial charge in [0.1, 0.15) is 0 Å². The van der Waals surface area contributed by atoms with Crippen LogP contribution in [0.4, 0.5) is 13.2 Å². The fraction of sp³-hybridized carbons (Fsp3) is 0.500. The normalized spacial score (nSPS) is 18.1. The summed E-state index contributed by atoms with van der Waals surface area (Å²) in [5.41, 5.74) is -0.863. The standard InChI is InChI=1S/C12H15F3N2O2S/c13-12(14,15)9-1-3-11(4-2-9)20(18,19)17-10-5-7-16-8-6-10/h1-4,10,16-17H,5-8H2. The van der Waals surface area contributed by atoms with Crippen LogP contribution in [0.15, 0.2) is 29.2 Å². The molecule has 2 rings (SSSR count). The highest BCUT2D eigenvalue weighted by molar-refractivity contribution is 7.89. The predicted molar refractivity (Wildman–Crippen MR) is 67.7 cm³/mol. The molecule has 0 unspecified atom stereocenters. The van der Waals surface area contributed by atoms with Gasteiger partial charge in [0.15, 0.2) is 0 Å². The van der Waals surface area contributed by atoms with E-state index in [1.807, 2.05) is 0 Å². The van der Waals surface area contributed by atoms with E-state index in [1.54, 1.807) is 0 Å². The van der Waals surface area contributed by atoms with E-state index in [4.69, 9.17) is 0 Å². The van der Waals surface area contributed by atoms with Crippen LogP contribution in [0.1, 0.15) is 18.4 Å². The van der Waals surface area contributed by atoms with Crippen LogP contribution in [-0.2, 0) is 16.2 Å². The second-order valence-electron chi connectivity index (χ2n) is 4.67. The Morgan fingerprint density at radius 2 is 1.65 bits per heavy atom. The van der Waals surface area contributed by atoms with Gasteiger partial charge in [0, 0.05) is 6.04 Å². The quantitative estimate of drug-likeness (QED) is 0.894. The SMILES string of the molecule is O=S(=O)(NC1CCNCC1)c1ccc(C(F)(F)F)cc1. The van der Waals surface area contributed by atoms with Crippen LogP contribution in [0.5, 0.6) is 0 Å². The molecule has 1 aliphatic heterocycles. The van der Waals surface area contributed by atoms with Crippen molar-refractivity contribution in [1.82, 2.24) is 10.0 Å². The maximum Gasteiger partial charge on any atom is 0.416 e. The zero-order valence-electron chi connectivity index (χ0n) is 10.6. The lowest BCUT2D eigenvalue weighted by Crippen LogP contribution is -2.42. The van der Waals surface area contributed by atoms with Gasteiger partial charge in [0.2, 0.25) is 10.0 Å². The fourth-order valence-corrected chi connectivity index (χ4v) is 3.36. The molecule has 0 bridgehead atoms. The van der Waals surface area contributed by atoms with Gasteiger partial charge in [-0.3, -0.25) is 0 Å². The van der Waals surface area contributed by atoms with Crippen molar-refractivity contribution in [2.24, 2.45) is 0 Å². The minimum absolute atomic E-state index is 0.149. The van der Waals surface area contributed by atoms with Crippen molar-refractivity contribution in [3.63, 3.8) is 0 Å². The van der Waals surface area contributed by atoms with Crippen LogP contribution in [0.2, 0.25) is 0 Å². The number of halogens is 3. The first kappa shape index (κ1) is 15.3. The first-order chi connectivity index (χ1) is 9.29. The molecule has 2 N–H and O–H groups in total. The van der Waals surface area contributed by atoms with Crippen molar-refractivity contribution in [3.8, 4) is 0 Å². The van der Waals surface area contributed by atoms with E-state index in [9.17, 15) is 21.6 Å². The van der Waals surface area contributed by atoms with Crippen LogP contribution in [0, 0.1) is 0 Å². The largest absolute Gasteiger partial charge is 0.416 e. The second-order valence-corrected chi connectivity index (χ2v) is 6.38. The zero-order valence-corrected chi connectivity index (χ0v) is 11.4. The van der Waals surface area contributed by atoms with Crippen LogP contribution >= 0.6 is 0 Å². The molecule has 0 aromatic heterocycles. The van der Waals surface area contributed by atoms with Gasteiger partial charge in [-0.15, -0.1) is 0 Å². The third kappa shape index (κ3) is 3.71. The maximum absolute atomic E-state index is 12.4. The van der Waals surface area contributed by atoms with Crippen molar-refractivity contribution in [1.29, 1.82) is 0 Å². The second kappa shape index (κ2) is 5.71. The molecule has 8 heteroatoms. The van der Waals surface area contributed by atoms with Crippen LogP contribution in [-0.4, -0.2) is 27.5 Å². The molecular weight excluding hydrogens is 293 g/mol. The zero-order chi connectivity index (χ0) is 14.8. The highest BCUT2D eigenvalue weighted by Gasteiger charge is 2.31. The highest BCUT2D eigenvalue weighted by Crippen LogP contribution is 2.29. The van der Waals surface area contributed by atoms with Crippen molar-refractivity contribution >= 4 is 10.0 Å². The Morgan fingerprint density at radius 3 is 2.15 bits per heavy atom. The van der Waals surface area contributed by atoms with E-state index >= 15 is 0 Å². The number of hydrogen-bond acceptors (Lipinski definition) is 3. The summed E-state index contributed by atoms with van der Waals surface area (Å²) in [6.45, 7) is 1.44. The summed E-state index contributed by atoms with van der Waals surface area (Å²) in [5, 5.41) is 3.10. The molecule has 0 atom stereocenters. The molecule has 1 saturated heterocycles. The summed E-state index contributed by atoms with van der Waals surface area (Å²) in [6, 6.07) is 3.33. The minimum Gasteiger partial charge on any atom is -0.317 e. The van der Waals surface area contributed by atoms with Crippen LogP contribution < -0.4 is 10.0 Å². The number of benzene rings is 1. The summed E-state index contributed by atoms with van der Waals surface area (Å²) in [5.74, 6) is 0. The van der Waals surface area contributed by atoms with E-state index in [-0.39, 0.29) is 10.9 Å². The smallest absolute Gasteiger partial charge is 0.317 e. The number of rotatable bonds is 3. The summed E-state index contributed by atoms with van der Waals surface area (Å²) in [6.07, 6.45) is -3.13. The summed E-state index contributed by atoms with van der Waals surface area (Å²) >= 11 is 0. The lowest BCUT2D eigenvalue weighted by molar-refractivity contribution is -0.137. The fourth-order valence-electron chi connectivity index (χ4n) is 2.05. The summed E-state index contributed by atoms with van der Waals surface area (Å²) in [4.78, 5) is -0.149. The molecule has 0 spiro atoms. The minimum atomic E-state index is -4.47. The molecule has 112 valence electrons. The molecule has 1 aromatic rings. The molecule has 0 saturated carbocycles. The molecule has 20 heavy (non-hydrogen) atoms. The van der Waals surface area contributed by atoms with E-state index in [1.165, 1.54) is 0 Å². The van der Waals surface area contributed by atoms with Gasteiger partial charge in [0.25, 0.3) is 0 Å². The predicted octanol–water partition coefficient (Wildman–Crippen LogP) is 1.74. The molecular formula is C12H15F3N2O2S. The number of sulfonamides is 1. The van der Waals surface area contributed by atoms with E-state index in [0.29, 0.717) is 12.8 Å². The van der Waals surface area contributed by atoms with E-state index in [2.05, 4.69) is 10.0 Å². The number of piperidine rings is 1. The van der Waals surface area contributed by atoms with Crippen LogP contribution in [0.25, 0.3) is 0 Å². The van der Waals surface area contributed by atoms with Crippen molar-refractivity contribution < 1.29 is 21.6 Å². The van der Waals surface area contributed by atoms with Crippen molar-refractivity contribution in [3.05, 3.63) is 29.8 Å². The van der Waals surface area contributed by atoms with Crippen molar-refractivity contribution in [2.75, 3.05) is 13.1 Å². The lowest BCUT2D eigenvalue weighted by atomic mass is 10.1. The Kier molecular flexibility index (Phi) is 4.36. The third-order valence-corrected chi connectivity index (χ3v) is 4.69. The highest BCUT2D eigenvalue weighted by atomic mass is 32.2. The number of alkyl halides is 3. The van der Waals surface area contributed by atoms with Gasteiger partial charge in [0.05, 0.1) is 10.5 Å². The first-order valence-electron chi connectivity index (χ1n) is 6.19. The van der Waals surface area contributed by atoms with Gasteiger partial charge in [-0.05, 0) is 50.2 Å². The number of nitrogens with one attached hydrogen (secondary N) is 2. The van der Waals surface area contributed by atoms with Gasteiger partial charge in [-0.2, -0.15) is 13.2 Å².